The number of carboxylic acids is 1. The van der Waals surface area contributed by atoms with Gasteiger partial charge in [0.2, 0.25) is 12.2 Å². The summed E-state index contributed by atoms with van der Waals surface area (Å²) in [6, 6.07) is -1.25. The van der Waals surface area contributed by atoms with Crippen LogP contribution in [-0.4, -0.2) is 155 Å². The normalized spacial score (nSPS) is 21.2. The van der Waals surface area contributed by atoms with Crippen LogP contribution in [0.15, 0.2) is 10.7 Å². The van der Waals surface area contributed by atoms with Crippen molar-refractivity contribution >= 4 is 58.9 Å². The lowest BCUT2D eigenvalue weighted by Crippen LogP contribution is -2.60. The fourth-order valence-electron chi connectivity index (χ4n) is 10.9. The number of aliphatic carboxylic acids is 1. The number of carbonyl (C=O) groups excluding carboxylic acids is 3. The standard InChI is InChI=1S/C17H30N4O3S.C15H30N2O2S.C10H19NO4S.C9H20N2.CH5N.H2O/c1-16(2)9-12(10-17(3,4)21(16)23)8-14(22)13(6-7-25-5)20-11-15(18)24-19-20;1-14(2)9-11(10-15(3,4)17(14)19)8-13(18)12(16)6-7-20-5;1-10(2,3)15-9(14)11-7(8(12)13)5-6-16-4;1-8(2)5-7(10)6-9(3,4)11-8;1-2;/h11-13,18,23H,6-10H2,1-5H3;11-12,19H,6-10,16H2,1-5H3;7H,5-6H2,1-4H3,(H,11,14)(H,12,13);7,11H,5-6,10H2,1-4H3;2H2,1H3;1H2. The molecule has 1 amide bonds. The van der Waals surface area contributed by atoms with Gasteiger partial charge in [-0.3, -0.25) is 20.3 Å². The summed E-state index contributed by atoms with van der Waals surface area (Å²) in [7, 11) is 1.50. The van der Waals surface area contributed by atoms with Crippen LogP contribution in [0.1, 0.15) is 181 Å². The highest BCUT2D eigenvalue weighted by molar-refractivity contribution is 7.98. The number of carbonyl (C=O) groups is 4. The molecule has 3 fully saturated rings. The van der Waals surface area contributed by atoms with E-state index >= 15 is 0 Å². The summed E-state index contributed by atoms with van der Waals surface area (Å²) in [5, 5.41) is 49.7. The Balaban J connectivity index is 0. The molecule has 1 aromatic rings. The molecule has 75 heavy (non-hydrogen) atoms. The summed E-state index contributed by atoms with van der Waals surface area (Å²) >= 11 is 4.94. The van der Waals surface area contributed by atoms with Gasteiger partial charge in [-0.25, -0.2) is 14.3 Å². The maximum Gasteiger partial charge on any atom is 0.408 e. The molecule has 0 aliphatic carbocycles. The lowest BCUT2D eigenvalue weighted by atomic mass is 9.73. The van der Waals surface area contributed by atoms with E-state index in [1.807, 2.05) is 74.2 Å². The number of piperidine rings is 3. The SMILES string of the molecule is CC1(C)CC(N)CC(C)(C)N1.CN.CSCCC(C(=O)CC1CC(C)(C)N(O)C(C)(C)C1)[n+]1cc(=N)o[n-]1.CSCCC(N)C(=O)CC1CC(C)(C)N(O)C(C)(C)C1.CSCCC(NC(=O)OC(C)(C)C)C(=O)O.O. The number of thioether (sulfide) groups is 3. The molecule has 3 atom stereocenters. The van der Waals surface area contributed by atoms with Crippen molar-refractivity contribution in [1.82, 2.24) is 26.0 Å². The van der Waals surface area contributed by atoms with E-state index < -0.39 is 29.7 Å². The zero-order valence-corrected chi connectivity index (χ0v) is 51.9. The first-order chi connectivity index (χ1) is 33.7. The quantitative estimate of drug-likeness (QED) is 0.0726. The Morgan fingerprint density at radius 2 is 1.16 bits per heavy atom. The molecule has 3 unspecified atom stereocenters. The molecular weight excluding hydrogens is 1020 g/mol. The van der Waals surface area contributed by atoms with Crippen molar-refractivity contribution < 1.29 is 54.1 Å². The second-order valence-corrected chi connectivity index (χ2v) is 27.8. The highest BCUT2D eigenvalue weighted by Gasteiger charge is 2.47. The second kappa shape index (κ2) is 32.7. The van der Waals surface area contributed by atoms with Crippen molar-refractivity contribution in [2.75, 3.05) is 43.1 Å². The second-order valence-electron chi connectivity index (χ2n) is 24.9. The van der Waals surface area contributed by atoms with Crippen LogP contribution in [0.3, 0.4) is 0 Å². The van der Waals surface area contributed by atoms with E-state index in [0.717, 1.165) is 56.5 Å². The largest absolute Gasteiger partial charge is 0.487 e. The summed E-state index contributed by atoms with van der Waals surface area (Å²) < 4.78 is 11.3. The number of ether oxygens (including phenoxy) is 1. The summed E-state index contributed by atoms with van der Waals surface area (Å²) in [6.07, 6.45) is 14.8. The third-order valence-corrected chi connectivity index (χ3v) is 15.0. The van der Waals surface area contributed by atoms with Crippen LogP contribution in [0.25, 0.3) is 0 Å². The Morgan fingerprint density at radius 1 is 0.773 bits per heavy atom. The molecule has 3 aliphatic heterocycles. The Bertz CT molecular complexity index is 1860. The van der Waals surface area contributed by atoms with Crippen molar-refractivity contribution in [1.29, 1.82) is 5.41 Å². The molecule has 0 radical (unpaired) electrons. The van der Waals surface area contributed by atoms with Crippen molar-refractivity contribution in [3.63, 3.8) is 0 Å². The van der Waals surface area contributed by atoms with Gasteiger partial charge in [-0.05, 0) is 210 Å². The predicted molar refractivity (Wildman–Crippen MR) is 305 cm³/mol. The molecule has 4 rings (SSSR count). The van der Waals surface area contributed by atoms with Crippen molar-refractivity contribution in [3.8, 4) is 0 Å². The van der Waals surface area contributed by atoms with Gasteiger partial charge in [0.05, 0.1) is 6.04 Å². The summed E-state index contributed by atoms with van der Waals surface area (Å²) in [6.45, 7) is 30.2. The average molecular weight is 1130 g/mol. The number of hydroxylamine groups is 4. The molecule has 20 nitrogen and oxygen atoms in total. The van der Waals surface area contributed by atoms with Crippen LogP contribution in [0.4, 0.5) is 4.79 Å². The number of nitrogens with one attached hydrogen (secondary N) is 3. The molecule has 0 bridgehead atoms. The number of aromatic nitrogens is 2. The van der Waals surface area contributed by atoms with Crippen LogP contribution < -0.4 is 43.3 Å². The number of carboxylic acid groups (broad SMARTS) is 1. The smallest absolute Gasteiger partial charge is 0.408 e. The number of rotatable bonds is 18. The topological polar surface area (TPSA) is 333 Å². The van der Waals surface area contributed by atoms with Gasteiger partial charge in [0.25, 0.3) is 5.55 Å². The fourth-order valence-corrected chi connectivity index (χ4v) is 12.3. The first-order valence-corrected chi connectivity index (χ1v) is 30.1. The Labute approximate surface area is 463 Å². The van der Waals surface area contributed by atoms with Gasteiger partial charge in [0.1, 0.15) is 17.4 Å². The lowest BCUT2D eigenvalue weighted by molar-refractivity contribution is -0.778. The molecule has 0 aromatic carbocycles. The molecule has 3 aliphatic rings. The Kier molecular flexibility index (Phi) is 32.6. The van der Waals surface area contributed by atoms with Crippen molar-refractivity contribution in [2.45, 2.75) is 237 Å². The molecule has 1 aromatic heterocycles. The Hall–Kier alpha value is -2.29. The van der Waals surface area contributed by atoms with Gasteiger partial charge in [-0.15, -0.1) is 0 Å². The van der Waals surface area contributed by atoms with Crippen LogP contribution in [0, 0.1) is 17.2 Å². The number of nitrogens with zero attached hydrogens (tertiary/aromatic N) is 4. The molecule has 0 spiro atoms. The number of alkyl carbamates (subject to hydrolysis) is 1. The van der Waals surface area contributed by atoms with E-state index in [1.165, 1.54) is 39.8 Å². The minimum atomic E-state index is -1.04. The number of hydrogen-bond donors (Lipinski definition) is 9. The fraction of sp³-hybridized carbons (Fsp3) is 0.885. The van der Waals surface area contributed by atoms with Crippen LogP contribution in [-0.2, 0) is 19.1 Å². The van der Waals surface area contributed by atoms with Crippen molar-refractivity contribution in [2.24, 2.45) is 29.0 Å². The number of amides is 1. The molecule has 442 valence electrons. The zero-order valence-electron chi connectivity index (χ0n) is 49.5. The van der Waals surface area contributed by atoms with E-state index in [9.17, 15) is 29.6 Å². The third kappa shape index (κ3) is 27.9. The zero-order chi connectivity index (χ0) is 57.8. The monoisotopic (exact) mass is 1130 g/mol. The maximum absolute atomic E-state index is 13.0. The molecule has 3 saturated heterocycles. The highest BCUT2D eigenvalue weighted by Crippen LogP contribution is 2.43. The van der Waals surface area contributed by atoms with E-state index in [2.05, 4.69) is 49.3 Å². The van der Waals surface area contributed by atoms with Crippen LogP contribution >= 0.6 is 35.3 Å². The molecule has 14 N–H and O–H groups in total. The summed E-state index contributed by atoms with van der Waals surface area (Å²) in [4.78, 5) is 47.4. The van der Waals surface area contributed by atoms with Gasteiger partial charge in [-0.1, -0.05) is 0 Å². The van der Waals surface area contributed by atoms with E-state index in [1.54, 1.807) is 44.3 Å². The Morgan fingerprint density at radius 3 is 1.51 bits per heavy atom. The third-order valence-electron chi connectivity index (χ3n) is 13.1. The van der Waals surface area contributed by atoms with Gasteiger partial charge in [-0.2, -0.15) is 45.4 Å². The minimum Gasteiger partial charge on any atom is -0.487 e. The number of ketones is 2. The number of nitrogens with two attached hydrogens (primary N) is 3. The molecule has 23 heteroatoms. The minimum absolute atomic E-state index is 0. The maximum atomic E-state index is 13.0. The molecule has 0 saturated carbocycles. The first-order valence-electron chi connectivity index (χ1n) is 25.9. The van der Waals surface area contributed by atoms with Gasteiger partial charge < -0.3 is 58.1 Å². The van der Waals surface area contributed by atoms with Crippen LogP contribution in [0.2, 0.25) is 0 Å². The number of Topliss-reactive ketones (excluding diaryl/α,β-unsaturated/α-hetero) is 2. The van der Waals surface area contributed by atoms with Crippen molar-refractivity contribution in [3.05, 3.63) is 11.8 Å². The van der Waals surface area contributed by atoms with Gasteiger partial charge >= 0.3 is 12.1 Å². The van der Waals surface area contributed by atoms with E-state index in [0.29, 0.717) is 43.4 Å². The van der Waals surface area contributed by atoms with Crippen LogP contribution in [0.5, 0.6) is 0 Å². The number of hydrogen-bond acceptors (Lipinski definition) is 18. The predicted octanol–water partition coefficient (Wildman–Crippen LogP) is 6.32. The van der Waals surface area contributed by atoms with E-state index in [-0.39, 0.29) is 67.8 Å². The summed E-state index contributed by atoms with van der Waals surface area (Å²) in [5.74, 6) is 2.20. The molecular formula is C52H106N10O10S3. The average Bonchev–Trinajstić information content (AvgIpc) is 3.66. The molecule has 4 heterocycles. The summed E-state index contributed by atoms with van der Waals surface area (Å²) in [5.41, 5.74) is 14.8. The first kappa shape index (κ1) is 74.8. The van der Waals surface area contributed by atoms with Gasteiger partial charge in [0, 0.05) is 58.5 Å². The highest BCUT2D eigenvalue weighted by atomic mass is 32.2. The van der Waals surface area contributed by atoms with Gasteiger partial charge in [0.15, 0.2) is 5.78 Å². The lowest BCUT2D eigenvalue weighted by Gasteiger charge is -2.51. The van der Waals surface area contributed by atoms with E-state index in [4.69, 9.17) is 31.2 Å².